The van der Waals surface area contributed by atoms with E-state index in [1.807, 2.05) is 6.92 Å². The topological polar surface area (TPSA) is 188 Å². The first-order chi connectivity index (χ1) is 13.5. The number of nitrogens with one attached hydrogen (secondary N) is 2. The maximum atomic E-state index is 11.9. The van der Waals surface area contributed by atoms with Crippen molar-refractivity contribution in [2.24, 2.45) is 0 Å². The minimum atomic E-state index is -5.10. The number of hydrogen-bond acceptors (Lipinski definition) is 10. The zero-order chi connectivity index (χ0) is 22.4. The van der Waals surface area contributed by atoms with Crippen LogP contribution in [0.1, 0.15) is 52.4 Å². The molecule has 0 aliphatic heterocycles. The molecule has 0 fully saturated rings. The van der Waals surface area contributed by atoms with Gasteiger partial charge in [0, 0.05) is 12.6 Å². The van der Waals surface area contributed by atoms with E-state index < -0.39 is 47.3 Å². The number of carbonyl (C=O) groups is 1. The predicted octanol–water partition coefficient (Wildman–Crippen LogP) is -4.63. The number of amides is 1. The van der Waals surface area contributed by atoms with Crippen molar-refractivity contribution in [1.29, 1.82) is 0 Å². The molecule has 1 amide bonds. The molecule has 13 heteroatoms. The monoisotopic (exact) mass is 466 g/mol. The first-order valence-electron chi connectivity index (χ1n) is 9.83. The Balaban J connectivity index is 0. The normalized spacial score (nSPS) is 16.8. The van der Waals surface area contributed by atoms with Gasteiger partial charge in [0.05, 0.1) is 6.61 Å². The number of aliphatic hydroxyl groups is 4. The van der Waals surface area contributed by atoms with Crippen LogP contribution >= 0.6 is 0 Å². The van der Waals surface area contributed by atoms with E-state index in [2.05, 4.69) is 21.7 Å². The number of hydrogen-bond donors (Lipinski definition) is 6. The van der Waals surface area contributed by atoms with Crippen LogP contribution in [0.15, 0.2) is 0 Å². The van der Waals surface area contributed by atoms with Gasteiger partial charge in [-0.2, -0.15) is 0 Å². The predicted molar refractivity (Wildman–Crippen MR) is 104 cm³/mol. The molecule has 5 atom stereocenters. The van der Waals surface area contributed by atoms with Gasteiger partial charge in [-0.3, -0.25) is 8.98 Å². The van der Waals surface area contributed by atoms with E-state index in [1.54, 1.807) is 0 Å². The van der Waals surface area contributed by atoms with Gasteiger partial charge >= 0.3 is 29.6 Å². The molecule has 0 spiro atoms. The summed E-state index contributed by atoms with van der Waals surface area (Å²) in [5.41, 5.74) is 0. The largest absolute Gasteiger partial charge is 1.00 e. The summed E-state index contributed by atoms with van der Waals surface area (Å²) in [5.74, 6) is -0.977. The summed E-state index contributed by atoms with van der Waals surface area (Å²) in [4.78, 5) is 11.9. The number of carbonyl (C=O) groups excluding carboxylic acids is 1. The second kappa shape index (κ2) is 17.7. The average molecular weight is 467 g/mol. The first kappa shape index (κ1) is 32.3. The number of rotatable bonds is 17. The Hall–Kier alpha value is 0.140. The summed E-state index contributed by atoms with van der Waals surface area (Å²) >= 11 is 0. The molecule has 0 saturated carbocycles. The molecule has 0 bridgehead atoms. The van der Waals surface area contributed by atoms with Gasteiger partial charge < -0.3 is 35.6 Å². The minimum absolute atomic E-state index is 0. The van der Waals surface area contributed by atoms with Gasteiger partial charge in [-0.05, 0) is 19.9 Å². The van der Waals surface area contributed by atoms with E-state index >= 15 is 0 Å². The smallest absolute Gasteiger partial charge is 0.726 e. The Bertz CT molecular complexity index is 553. The molecule has 6 N–H and O–H groups in total. The Morgan fingerprint density at radius 1 is 1.03 bits per heavy atom. The SMILES string of the molecule is CCCCCCCCNC(C)CNC(=O)[C@H](O)[C@@H](O)[C@H](O)[C@H](O)COS(=O)(=O)[O-].[Na+]. The average Bonchev–Trinajstić information content (AvgIpc) is 2.67. The molecule has 0 saturated heterocycles. The van der Waals surface area contributed by atoms with Crippen molar-refractivity contribution < 1.29 is 71.9 Å². The van der Waals surface area contributed by atoms with Gasteiger partial charge in [-0.25, -0.2) is 8.42 Å². The Morgan fingerprint density at radius 2 is 1.60 bits per heavy atom. The van der Waals surface area contributed by atoms with E-state index in [-0.39, 0.29) is 42.1 Å². The summed E-state index contributed by atoms with van der Waals surface area (Å²) in [7, 11) is -5.10. The Kier molecular flexibility index (Phi) is 19.0. The van der Waals surface area contributed by atoms with Crippen molar-refractivity contribution in [3.63, 3.8) is 0 Å². The van der Waals surface area contributed by atoms with Crippen molar-refractivity contribution in [2.75, 3.05) is 19.7 Å². The van der Waals surface area contributed by atoms with Crippen molar-refractivity contribution in [1.82, 2.24) is 10.6 Å². The standard InChI is InChI=1S/C17H36N2O9S.Na/c1-3-4-5-6-7-8-9-18-12(2)10-19-17(24)16(23)15(22)14(21)13(20)11-28-29(25,26)27;/h12-16,18,20-23H,3-11H2,1-2H3,(H,19,24)(H,25,26,27);/q;+1/p-1/t12?,13-,14-,15+,16-;/m1./s1. The van der Waals surface area contributed by atoms with Crippen LogP contribution < -0.4 is 40.2 Å². The van der Waals surface area contributed by atoms with Gasteiger partial charge in [0.15, 0.2) is 6.10 Å². The summed E-state index contributed by atoms with van der Waals surface area (Å²) < 4.78 is 34.7. The van der Waals surface area contributed by atoms with Gasteiger partial charge in [0.2, 0.25) is 10.4 Å². The quantitative estimate of drug-likeness (QED) is 0.0526. The number of unbranched alkanes of at least 4 members (excludes halogenated alkanes) is 5. The van der Waals surface area contributed by atoms with Gasteiger partial charge in [0.25, 0.3) is 5.91 Å². The molecule has 0 rings (SSSR count). The third-order valence-electron chi connectivity index (χ3n) is 4.33. The fourth-order valence-corrected chi connectivity index (χ4v) is 2.81. The molecule has 0 aromatic heterocycles. The Labute approximate surface area is 200 Å². The fraction of sp³-hybridized carbons (Fsp3) is 0.941. The summed E-state index contributed by atoms with van der Waals surface area (Å²) in [5, 5.41) is 44.3. The fourth-order valence-electron chi connectivity index (χ4n) is 2.51. The number of aliphatic hydroxyl groups excluding tert-OH is 4. The molecule has 0 aliphatic rings. The second-order valence-electron chi connectivity index (χ2n) is 7.05. The third kappa shape index (κ3) is 15.9. The van der Waals surface area contributed by atoms with Crippen LogP contribution in [0.4, 0.5) is 0 Å². The van der Waals surface area contributed by atoms with Crippen LogP contribution in [-0.2, 0) is 19.4 Å². The van der Waals surface area contributed by atoms with Crippen LogP contribution in [0.5, 0.6) is 0 Å². The summed E-state index contributed by atoms with van der Waals surface area (Å²) in [6, 6.07) is -0.0925. The van der Waals surface area contributed by atoms with Gasteiger partial charge in [-0.1, -0.05) is 39.0 Å². The maximum Gasteiger partial charge on any atom is 1.00 e. The molecule has 30 heavy (non-hydrogen) atoms. The molecule has 1 unspecified atom stereocenters. The van der Waals surface area contributed by atoms with Crippen LogP contribution in [-0.4, -0.2) is 89.5 Å². The van der Waals surface area contributed by atoms with E-state index in [9.17, 15) is 38.2 Å². The van der Waals surface area contributed by atoms with Crippen LogP contribution in [0, 0.1) is 0 Å². The third-order valence-corrected chi connectivity index (χ3v) is 4.75. The van der Waals surface area contributed by atoms with E-state index in [0.717, 1.165) is 19.4 Å². The summed E-state index contributed by atoms with van der Waals surface area (Å²) in [6.07, 6.45) is -1.34. The van der Waals surface area contributed by atoms with Crippen molar-refractivity contribution in [2.45, 2.75) is 82.8 Å². The van der Waals surface area contributed by atoms with E-state index in [4.69, 9.17) is 0 Å². The minimum Gasteiger partial charge on any atom is -0.726 e. The van der Waals surface area contributed by atoms with Crippen LogP contribution in [0.3, 0.4) is 0 Å². The molecule has 0 aliphatic carbocycles. The molecule has 0 heterocycles. The molecular formula is C17H35N2NaO9S. The van der Waals surface area contributed by atoms with Gasteiger partial charge in [-0.15, -0.1) is 0 Å². The Morgan fingerprint density at radius 3 is 2.17 bits per heavy atom. The van der Waals surface area contributed by atoms with Gasteiger partial charge in [0.1, 0.15) is 18.3 Å². The van der Waals surface area contributed by atoms with Crippen molar-refractivity contribution >= 4 is 16.3 Å². The summed E-state index contributed by atoms with van der Waals surface area (Å²) in [6.45, 7) is 3.81. The molecule has 174 valence electrons. The van der Waals surface area contributed by atoms with E-state index in [1.165, 1.54) is 25.7 Å². The molecule has 0 radical (unpaired) electrons. The van der Waals surface area contributed by atoms with Crippen molar-refractivity contribution in [3.8, 4) is 0 Å². The van der Waals surface area contributed by atoms with Crippen LogP contribution in [0.25, 0.3) is 0 Å². The van der Waals surface area contributed by atoms with Crippen LogP contribution in [0.2, 0.25) is 0 Å². The first-order valence-corrected chi connectivity index (χ1v) is 11.2. The molecule has 0 aromatic rings. The zero-order valence-corrected chi connectivity index (χ0v) is 20.8. The maximum absolute atomic E-state index is 11.9. The van der Waals surface area contributed by atoms with Crippen molar-refractivity contribution in [3.05, 3.63) is 0 Å². The molecule has 11 nitrogen and oxygen atoms in total. The second-order valence-corrected chi connectivity index (χ2v) is 8.11. The van der Waals surface area contributed by atoms with E-state index in [0.29, 0.717) is 0 Å². The molecule has 0 aromatic carbocycles. The molecular weight excluding hydrogens is 431 g/mol. The zero-order valence-electron chi connectivity index (χ0n) is 18.0.